The Morgan fingerprint density at radius 1 is 1.12 bits per heavy atom. The van der Waals surface area contributed by atoms with Crippen molar-refractivity contribution in [2.75, 3.05) is 13.1 Å². The summed E-state index contributed by atoms with van der Waals surface area (Å²) in [5, 5.41) is 3.44. The first-order chi connectivity index (χ1) is 7.66. The number of hydrogen-bond acceptors (Lipinski definition) is 1. The lowest BCUT2D eigenvalue weighted by Crippen LogP contribution is -2.28. The lowest BCUT2D eigenvalue weighted by Gasteiger charge is -2.23. The van der Waals surface area contributed by atoms with E-state index in [1.807, 2.05) is 0 Å². The molecule has 0 atom stereocenters. The Bertz CT molecular complexity index is 362. The van der Waals surface area contributed by atoms with E-state index in [0.717, 1.165) is 5.92 Å². The van der Waals surface area contributed by atoms with Crippen LogP contribution < -0.4 is 5.32 Å². The third kappa shape index (κ3) is 2.65. The Morgan fingerprint density at radius 3 is 2.50 bits per heavy atom. The minimum atomic E-state index is 0.890. The van der Waals surface area contributed by atoms with E-state index in [4.69, 9.17) is 0 Å². The van der Waals surface area contributed by atoms with Crippen LogP contribution in [0.5, 0.6) is 0 Å². The van der Waals surface area contributed by atoms with E-state index >= 15 is 0 Å². The van der Waals surface area contributed by atoms with Gasteiger partial charge in [0.05, 0.1) is 0 Å². The van der Waals surface area contributed by atoms with Crippen LogP contribution in [0.25, 0.3) is 0 Å². The zero-order valence-electron chi connectivity index (χ0n) is 10.8. The summed E-state index contributed by atoms with van der Waals surface area (Å²) >= 11 is 0. The second kappa shape index (κ2) is 5.01. The quantitative estimate of drug-likeness (QED) is 0.802. The highest BCUT2D eigenvalue weighted by molar-refractivity contribution is 5.37. The fourth-order valence-corrected chi connectivity index (χ4v) is 2.74. The van der Waals surface area contributed by atoms with Crippen LogP contribution in [0.1, 0.15) is 35.1 Å². The van der Waals surface area contributed by atoms with E-state index in [-0.39, 0.29) is 0 Å². The standard InChI is InChI=1S/C15H23N/c1-11-8-12(2)13(3)15(9-11)10-14-4-6-16-7-5-14/h8-9,14,16H,4-7,10H2,1-3H3. The number of aryl methyl sites for hydroxylation is 2. The summed E-state index contributed by atoms with van der Waals surface area (Å²) < 4.78 is 0. The molecule has 0 aromatic heterocycles. The second-order valence-corrected chi connectivity index (χ2v) is 5.26. The molecular formula is C15H23N. The van der Waals surface area contributed by atoms with Gasteiger partial charge in [-0.05, 0) is 75.7 Å². The molecule has 2 rings (SSSR count). The van der Waals surface area contributed by atoms with Crippen molar-refractivity contribution in [3.05, 3.63) is 34.4 Å². The number of hydrogen-bond donors (Lipinski definition) is 1. The predicted octanol–water partition coefficient (Wildman–Crippen LogP) is 3.15. The van der Waals surface area contributed by atoms with E-state index < -0.39 is 0 Å². The first-order valence-corrected chi connectivity index (χ1v) is 6.44. The molecule has 0 bridgehead atoms. The number of piperidine rings is 1. The Hall–Kier alpha value is -0.820. The molecule has 0 unspecified atom stereocenters. The van der Waals surface area contributed by atoms with Crippen LogP contribution in [0.4, 0.5) is 0 Å². The lowest BCUT2D eigenvalue weighted by molar-refractivity contribution is 0.372. The van der Waals surface area contributed by atoms with Gasteiger partial charge in [-0.15, -0.1) is 0 Å². The maximum atomic E-state index is 3.44. The predicted molar refractivity (Wildman–Crippen MR) is 70.0 cm³/mol. The van der Waals surface area contributed by atoms with Gasteiger partial charge in [0.2, 0.25) is 0 Å². The van der Waals surface area contributed by atoms with Gasteiger partial charge in [-0.2, -0.15) is 0 Å². The van der Waals surface area contributed by atoms with Crippen molar-refractivity contribution in [1.29, 1.82) is 0 Å². The van der Waals surface area contributed by atoms with Gasteiger partial charge in [0.25, 0.3) is 0 Å². The van der Waals surface area contributed by atoms with Crippen molar-refractivity contribution in [3.8, 4) is 0 Å². The SMILES string of the molecule is Cc1cc(C)c(C)c(CC2CCNCC2)c1. The van der Waals surface area contributed by atoms with Crippen LogP contribution in [0, 0.1) is 26.7 Å². The highest BCUT2D eigenvalue weighted by Gasteiger charge is 2.15. The largest absolute Gasteiger partial charge is 0.317 e. The van der Waals surface area contributed by atoms with Crippen LogP contribution in [0.2, 0.25) is 0 Å². The maximum absolute atomic E-state index is 3.44. The molecule has 1 heterocycles. The van der Waals surface area contributed by atoms with Crippen LogP contribution in [-0.2, 0) is 6.42 Å². The molecule has 1 fully saturated rings. The van der Waals surface area contributed by atoms with Gasteiger partial charge in [-0.1, -0.05) is 17.7 Å². The highest BCUT2D eigenvalue weighted by atomic mass is 14.9. The molecule has 0 aliphatic carbocycles. The normalized spacial score (nSPS) is 17.7. The molecule has 1 aliphatic rings. The van der Waals surface area contributed by atoms with Gasteiger partial charge < -0.3 is 5.32 Å². The molecule has 16 heavy (non-hydrogen) atoms. The molecular weight excluding hydrogens is 194 g/mol. The third-order valence-corrected chi connectivity index (χ3v) is 3.89. The van der Waals surface area contributed by atoms with Crippen molar-refractivity contribution in [2.24, 2.45) is 5.92 Å². The van der Waals surface area contributed by atoms with Gasteiger partial charge in [0.15, 0.2) is 0 Å². The monoisotopic (exact) mass is 217 g/mol. The highest BCUT2D eigenvalue weighted by Crippen LogP contribution is 2.23. The molecule has 0 saturated carbocycles. The lowest BCUT2D eigenvalue weighted by atomic mass is 9.87. The van der Waals surface area contributed by atoms with Crippen molar-refractivity contribution < 1.29 is 0 Å². The van der Waals surface area contributed by atoms with Crippen LogP contribution in [-0.4, -0.2) is 13.1 Å². The minimum Gasteiger partial charge on any atom is -0.317 e. The molecule has 1 nitrogen and oxygen atoms in total. The number of nitrogens with one attached hydrogen (secondary N) is 1. The Morgan fingerprint density at radius 2 is 1.81 bits per heavy atom. The van der Waals surface area contributed by atoms with E-state index in [9.17, 15) is 0 Å². The van der Waals surface area contributed by atoms with Gasteiger partial charge in [-0.3, -0.25) is 0 Å². The second-order valence-electron chi connectivity index (χ2n) is 5.26. The summed E-state index contributed by atoms with van der Waals surface area (Å²) in [7, 11) is 0. The molecule has 0 radical (unpaired) electrons. The summed E-state index contributed by atoms with van der Waals surface area (Å²) in [6.07, 6.45) is 3.95. The van der Waals surface area contributed by atoms with Gasteiger partial charge in [-0.25, -0.2) is 0 Å². The van der Waals surface area contributed by atoms with Crippen LogP contribution in [0.15, 0.2) is 12.1 Å². The third-order valence-electron chi connectivity index (χ3n) is 3.89. The van der Waals surface area contributed by atoms with E-state index in [1.165, 1.54) is 49.0 Å². The Balaban J connectivity index is 2.13. The summed E-state index contributed by atoms with van der Waals surface area (Å²) in [6, 6.07) is 4.67. The smallest absolute Gasteiger partial charge is 0.00462 e. The van der Waals surface area contributed by atoms with Crippen molar-refractivity contribution in [2.45, 2.75) is 40.0 Å². The molecule has 1 aromatic rings. The average molecular weight is 217 g/mol. The number of rotatable bonds is 2. The topological polar surface area (TPSA) is 12.0 Å². The summed E-state index contributed by atoms with van der Waals surface area (Å²) in [4.78, 5) is 0. The zero-order valence-corrected chi connectivity index (χ0v) is 10.8. The fraction of sp³-hybridized carbons (Fsp3) is 0.600. The maximum Gasteiger partial charge on any atom is -0.00462 e. The van der Waals surface area contributed by atoms with Gasteiger partial charge in [0.1, 0.15) is 0 Å². The van der Waals surface area contributed by atoms with Crippen LogP contribution >= 0.6 is 0 Å². The summed E-state index contributed by atoms with van der Waals surface area (Å²) in [6.45, 7) is 9.11. The Kier molecular flexibility index (Phi) is 3.65. The zero-order chi connectivity index (χ0) is 11.5. The molecule has 1 N–H and O–H groups in total. The van der Waals surface area contributed by atoms with Gasteiger partial charge in [0, 0.05) is 0 Å². The average Bonchev–Trinajstić information content (AvgIpc) is 2.27. The van der Waals surface area contributed by atoms with Gasteiger partial charge >= 0.3 is 0 Å². The Labute approximate surface area is 99.3 Å². The molecule has 0 spiro atoms. The molecule has 88 valence electrons. The summed E-state index contributed by atoms with van der Waals surface area (Å²) in [5.74, 6) is 0.890. The van der Waals surface area contributed by atoms with E-state index in [2.05, 4.69) is 38.2 Å². The molecule has 1 aliphatic heterocycles. The fourth-order valence-electron chi connectivity index (χ4n) is 2.74. The summed E-state index contributed by atoms with van der Waals surface area (Å²) in [5.41, 5.74) is 5.93. The molecule has 1 saturated heterocycles. The van der Waals surface area contributed by atoms with Crippen molar-refractivity contribution in [3.63, 3.8) is 0 Å². The molecule has 1 heteroatoms. The van der Waals surface area contributed by atoms with Crippen molar-refractivity contribution >= 4 is 0 Å². The van der Waals surface area contributed by atoms with E-state index in [1.54, 1.807) is 5.56 Å². The first kappa shape index (κ1) is 11.7. The van der Waals surface area contributed by atoms with Crippen molar-refractivity contribution in [1.82, 2.24) is 5.32 Å². The number of benzene rings is 1. The molecule has 1 aromatic carbocycles. The van der Waals surface area contributed by atoms with Crippen LogP contribution in [0.3, 0.4) is 0 Å². The van der Waals surface area contributed by atoms with E-state index in [0.29, 0.717) is 0 Å². The first-order valence-electron chi connectivity index (χ1n) is 6.44. The molecule has 0 amide bonds. The minimum absolute atomic E-state index is 0.890.